The van der Waals surface area contributed by atoms with Gasteiger partial charge in [-0.1, -0.05) is 0 Å². The molecule has 120 valence electrons. The molecule has 22 heavy (non-hydrogen) atoms. The van der Waals surface area contributed by atoms with Crippen LogP contribution in [-0.4, -0.2) is 53.7 Å². The molecule has 2 fully saturated rings. The van der Waals surface area contributed by atoms with Crippen molar-refractivity contribution in [2.45, 2.75) is 26.2 Å². The number of ether oxygens (including phenoxy) is 2. The lowest BCUT2D eigenvalue weighted by Gasteiger charge is -2.48. The van der Waals surface area contributed by atoms with Gasteiger partial charge in [0, 0.05) is 44.9 Å². The average molecular weight is 305 g/mol. The molecular formula is C16H23N3O3. The molecule has 6 heteroatoms. The Hall–Kier alpha value is -1.69. The first-order valence-electron chi connectivity index (χ1n) is 7.92. The number of aromatic nitrogens is 2. The van der Waals surface area contributed by atoms with Gasteiger partial charge in [0.1, 0.15) is 0 Å². The quantitative estimate of drug-likeness (QED) is 0.847. The molecule has 0 bridgehead atoms. The normalized spacial score (nSPS) is 24.2. The molecule has 2 saturated heterocycles. The Morgan fingerprint density at radius 3 is 2.91 bits per heavy atom. The Morgan fingerprint density at radius 1 is 1.41 bits per heavy atom. The lowest BCUT2D eigenvalue weighted by atomic mass is 9.66. The summed E-state index contributed by atoms with van der Waals surface area (Å²) < 4.78 is 11.5. The summed E-state index contributed by atoms with van der Waals surface area (Å²) in [4.78, 5) is 21.6. The molecule has 2 aliphatic rings. The van der Waals surface area contributed by atoms with Gasteiger partial charge in [-0.25, -0.2) is 4.98 Å². The fourth-order valence-electron chi connectivity index (χ4n) is 3.58. The zero-order valence-corrected chi connectivity index (χ0v) is 13.0. The summed E-state index contributed by atoms with van der Waals surface area (Å²) in [7, 11) is 0. The third-order valence-corrected chi connectivity index (χ3v) is 5.11. The first-order chi connectivity index (χ1) is 10.7. The van der Waals surface area contributed by atoms with Gasteiger partial charge in [0.2, 0.25) is 11.8 Å². The molecule has 0 saturated carbocycles. The van der Waals surface area contributed by atoms with Crippen molar-refractivity contribution in [2.75, 3.05) is 32.9 Å². The first kappa shape index (κ1) is 15.2. The van der Waals surface area contributed by atoms with Crippen LogP contribution < -0.4 is 4.74 Å². The minimum Gasteiger partial charge on any atom is -0.476 e. The summed E-state index contributed by atoms with van der Waals surface area (Å²) in [6.07, 6.45) is 8.01. The van der Waals surface area contributed by atoms with Gasteiger partial charge in [-0.3, -0.25) is 9.78 Å². The van der Waals surface area contributed by atoms with Crippen molar-refractivity contribution >= 4 is 5.91 Å². The van der Waals surface area contributed by atoms with Crippen LogP contribution in [0.3, 0.4) is 0 Å². The molecule has 1 aromatic heterocycles. The van der Waals surface area contributed by atoms with Gasteiger partial charge in [-0.2, -0.15) is 0 Å². The molecule has 3 rings (SSSR count). The van der Waals surface area contributed by atoms with Gasteiger partial charge < -0.3 is 14.4 Å². The van der Waals surface area contributed by atoms with Crippen LogP contribution in [0.5, 0.6) is 5.88 Å². The second kappa shape index (κ2) is 6.60. The molecule has 1 aromatic rings. The molecule has 1 amide bonds. The highest BCUT2D eigenvalue weighted by Gasteiger charge is 2.44. The van der Waals surface area contributed by atoms with Crippen LogP contribution in [-0.2, 0) is 9.53 Å². The van der Waals surface area contributed by atoms with E-state index in [1.54, 1.807) is 25.5 Å². The van der Waals surface area contributed by atoms with Gasteiger partial charge in [-0.15, -0.1) is 0 Å². The Kier molecular flexibility index (Phi) is 4.57. The zero-order valence-electron chi connectivity index (χ0n) is 13.0. The Balaban J connectivity index is 1.63. The van der Waals surface area contributed by atoms with Gasteiger partial charge in [0.15, 0.2) is 0 Å². The maximum absolute atomic E-state index is 11.5. The van der Waals surface area contributed by atoms with Crippen LogP contribution in [0.1, 0.15) is 26.2 Å². The van der Waals surface area contributed by atoms with Crippen molar-refractivity contribution in [3.63, 3.8) is 0 Å². The third kappa shape index (κ3) is 3.21. The lowest BCUT2D eigenvalue weighted by molar-refractivity contribution is -0.135. The number of likely N-dealkylation sites (tertiary alicyclic amines) is 1. The Labute approximate surface area is 130 Å². The number of hydrogen-bond acceptors (Lipinski definition) is 5. The first-order valence-corrected chi connectivity index (χ1v) is 7.92. The van der Waals surface area contributed by atoms with Crippen molar-refractivity contribution in [2.24, 2.45) is 11.3 Å². The van der Waals surface area contributed by atoms with E-state index in [-0.39, 0.29) is 11.3 Å². The number of carbonyl (C=O) groups is 1. The molecule has 0 N–H and O–H groups in total. The lowest BCUT2D eigenvalue weighted by Crippen LogP contribution is -2.50. The molecule has 0 radical (unpaired) electrons. The van der Waals surface area contributed by atoms with Crippen LogP contribution >= 0.6 is 0 Å². The topological polar surface area (TPSA) is 64.6 Å². The van der Waals surface area contributed by atoms with E-state index in [4.69, 9.17) is 9.47 Å². The average Bonchev–Trinajstić information content (AvgIpc) is 2.55. The number of rotatable bonds is 3. The van der Waals surface area contributed by atoms with E-state index in [0.717, 1.165) is 45.6 Å². The highest BCUT2D eigenvalue weighted by atomic mass is 16.5. The van der Waals surface area contributed by atoms with E-state index in [1.807, 2.05) is 4.90 Å². The van der Waals surface area contributed by atoms with Gasteiger partial charge >= 0.3 is 0 Å². The Morgan fingerprint density at radius 2 is 2.23 bits per heavy atom. The molecule has 2 aliphatic heterocycles. The van der Waals surface area contributed by atoms with Crippen LogP contribution in [0.4, 0.5) is 0 Å². The molecule has 0 aliphatic carbocycles. The predicted octanol–water partition coefficient (Wildman–Crippen LogP) is 1.52. The van der Waals surface area contributed by atoms with Crippen molar-refractivity contribution < 1.29 is 14.3 Å². The zero-order chi connectivity index (χ0) is 15.4. The van der Waals surface area contributed by atoms with Gasteiger partial charge in [-0.05, 0) is 24.7 Å². The molecule has 3 heterocycles. The molecule has 0 aromatic carbocycles. The largest absolute Gasteiger partial charge is 0.476 e. The maximum Gasteiger partial charge on any atom is 0.232 e. The summed E-state index contributed by atoms with van der Waals surface area (Å²) in [5.74, 6) is 1.08. The fraction of sp³-hybridized carbons (Fsp3) is 0.688. The summed E-state index contributed by atoms with van der Waals surface area (Å²) in [5, 5.41) is 0. The maximum atomic E-state index is 11.5. The van der Waals surface area contributed by atoms with Crippen LogP contribution in [0.25, 0.3) is 0 Å². The summed E-state index contributed by atoms with van der Waals surface area (Å²) in [6, 6.07) is 0. The van der Waals surface area contributed by atoms with Crippen LogP contribution in [0.15, 0.2) is 18.6 Å². The third-order valence-electron chi connectivity index (χ3n) is 5.11. The number of carbonyl (C=O) groups excluding carboxylic acids is 1. The second-order valence-electron chi connectivity index (χ2n) is 6.24. The van der Waals surface area contributed by atoms with Crippen LogP contribution in [0, 0.1) is 11.3 Å². The highest BCUT2D eigenvalue weighted by molar-refractivity contribution is 5.73. The van der Waals surface area contributed by atoms with E-state index in [1.165, 1.54) is 0 Å². The van der Waals surface area contributed by atoms with E-state index < -0.39 is 0 Å². The second-order valence-corrected chi connectivity index (χ2v) is 6.24. The number of hydrogen-bond donors (Lipinski definition) is 0. The monoisotopic (exact) mass is 305 g/mol. The van der Waals surface area contributed by atoms with E-state index >= 15 is 0 Å². The van der Waals surface area contributed by atoms with E-state index in [9.17, 15) is 4.79 Å². The van der Waals surface area contributed by atoms with Crippen molar-refractivity contribution in [1.82, 2.24) is 14.9 Å². The van der Waals surface area contributed by atoms with Crippen molar-refractivity contribution in [3.8, 4) is 5.88 Å². The highest BCUT2D eigenvalue weighted by Crippen LogP contribution is 2.44. The van der Waals surface area contributed by atoms with Crippen LogP contribution in [0.2, 0.25) is 0 Å². The minimum atomic E-state index is 0.175. The summed E-state index contributed by atoms with van der Waals surface area (Å²) >= 11 is 0. The molecule has 6 nitrogen and oxygen atoms in total. The minimum absolute atomic E-state index is 0.175. The van der Waals surface area contributed by atoms with E-state index in [2.05, 4.69) is 9.97 Å². The number of nitrogens with zero attached hydrogens (tertiary/aromatic N) is 3. The summed E-state index contributed by atoms with van der Waals surface area (Å²) in [5.41, 5.74) is 0.229. The molecule has 1 atom stereocenters. The Bertz CT molecular complexity index is 501. The predicted molar refractivity (Wildman–Crippen MR) is 80.4 cm³/mol. The smallest absolute Gasteiger partial charge is 0.232 e. The van der Waals surface area contributed by atoms with E-state index in [0.29, 0.717) is 18.4 Å². The number of amides is 1. The molecular weight excluding hydrogens is 282 g/mol. The molecule has 1 spiro atoms. The van der Waals surface area contributed by atoms with Crippen molar-refractivity contribution in [3.05, 3.63) is 18.6 Å². The standard InChI is InChI=1S/C16H23N3O3/c1-13(20)19-7-2-16(3-8-19)4-9-21-11-14(16)12-22-15-10-17-5-6-18-15/h5-6,10,14H,2-4,7-9,11-12H2,1H3. The SMILES string of the molecule is CC(=O)N1CCC2(CCOCC2COc2cnccn2)CC1. The summed E-state index contributed by atoms with van der Waals surface area (Å²) in [6.45, 7) is 5.46. The molecule has 1 unspecified atom stereocenters. The number of piperidine rings is 1. The van der Waals surface area contributed by atoms with Gasteiger partial charge in [0.25, 0.3) is 0 Å². The fourth-order valence-corrected chi connectivity index (χ4v) is 3.58. The van der Waals surface area contributed by atoms with Gasteiger partial charge in [0.05, 0.1) is 19.4 Å². The van der Waals surface area contributed by atoms with Crippen molar-refractivity contribution in [1.29, 1.82) is 0 Å².